The van der Waals surface area contributed by atoms with Crippen LogP contribution in [0.1, 0.15) is 43.7 Å². The summed E-state index contributed by atoms with van der Waals surface area (Å²) in [5.74, 6) is 2.23. The summed E-state index contributed by atoms with van der Waals surface area (Å²) in [4.78, 5) is 27.9. The fourth-order valence-electron chi connectivity index (χ4n) is 6.17. The molecule has 1 unspecified atom stereocenters. The molecule has 5 atom stereocenters. The van der Waals surface area contributed by atoms with Gasteiger partial charge in [-0.1, -0.05) is 86.8 Å². The second kappa shape index (κ2) is 16.0. The van der Waals surface area contributed by atoms with Gasteiger partial charge in [0.1, 0.15) is 35.4 Å². The number of aromatic nitrogens is 2. The molecule has 2 aliphatic rings. The summed E-state index contributed by atoms with van der Waals surface area (Å²) in [5.41, 5.74) is 0.389. The zero-order valence-corrected chi connectivity index (χ0v) is 33.3. The first kappa shape index (κ1) is 38.5. The minimum atomic E-state index is -2.49. The van der Waals surface area contributed by atoms with Gasteiger partial charge in [0.25, 0.3) is 5.56 Å². The molecule has 2 fully saturated rings. The van der Waals surface area contributed by atoms with E-state index in [0.717, 1.165) is 22.4 Å². The molecule has 4 aromatic rings. The van der Waals surface area contributed by atoms with Crippen LogP contribution in [0.25, 0.3) is 0 Å². The number of rotatable bonds is 13. The second-order valence-corrected chi connectivity index (χ2v) is 22.2. The van der Waals surface area contributed by atoms with Gasteiger partial charge >= 0.3 is 5.69 Å². The highest BCUT2D eigenvalue weighted by atomic mass is 32.7. The summed E-state index contributed by atoms with van der Waals surface area (Å²) >= 11 is 1.62. The number of nitrogens with one attached hydrogen (secondary N) is 1. The van der Waals surface area contributed by atoms with Crippen molar-refractivity contribution in [2.24, 2.45) is 0 Å². The molecule has 0 saturated carbocycles. The molecule has 3 heterocycles. The van der Waals surface area contributed by atoms with Gasteiger partial charge < -0.3 is 32.4 Å². The lowest BCUT2D eigenvalue weighted by atomic mass is 9.80. The van der Waals surface area contributed by atoms with E-state index >= 15 is 0 Å². The molecule has 0 bridgehead atoms. The van der Waals surface area contributed by atoms with Crippen molar-refractivity contribution in [1.29, 1.82) is 0 Å². The number of ether oxygens (including phenoxy) is 4. The van der Waals surface area contributed by atoms with Crippen molar-refractivity contribution in [3.05, 3.63) is 129 Å². The number of methoxy groups -OCH3 is 2. The van der Waals surface area contributed by atoms with Crippen molar-refractivity contribution in [3.8, 4) is 11.5 Å². The van der Waals surface area contributed by atoms with E-state index in [1.165, 1.54) is 16.8 Å². The molecule has 0 aliphatic carbocycles. The molecule has 1 aromatic heterocycles. The molecule has 6 rings (SSSR count). The van der Waals surface area contributed by atoms with Crippen LogP contribution >= 0.6 is 19.0 Å². The van der Waals surface area contributed by atoms with Crippen LogP contribution in [0, 0.1) is 0 Å². The van der Waals surface area contributed by atoms with E-state index in [-0.39, 0.29) is 11.6 Å². The molecule has 278 valence electrons. The third kappa shape index (κ3) is 7.97. The maximum Gasteiger partial charge on any atom is 0.330 e. The van der Waals surface area contributed by atoms with Crippen molar-refractivity contribution in [2.75, 3.05) is 33.2 Å². The highest BCUT2D eigenvalue weighted by Crippen LogP contribution is 2.59. The van der Waals surface area contributed by atoms with E-state index < -0.39 is 57.3 Å². The van der Waals surface area contributed by atoms with Crippen LogP contribution in [0.4, 0.5) is 0 Å². The van der Waals surface area contributed by atoms with E-state index in [1.807, 2.05) is 78.9 Å². The van der Waals surface area contributed by atoms with Crippen LogP contribution in [-0.4, -0.2) is 69.4 Å². The van der Waals surface area contributed by atoms with Crippen LogP contribution in [0.5, 0.6) is 11.5 Å². The molecule has 3 aromatic carbocycles. The first-order valence-corrected chi connectivity index (χ1v) is 22.9. The Labute approximate surface area is 310 Å². The first-order chi connectivity index (χ1) is 24.9. The third-order valence-electron chi connectivity index (χ3n) is 9.97. The number of aromatic amines is 1. The van der Waals surface area contributed by atoms with Crippen molar-refractivity contribution < 1.29 is 32.4 Å². The Morgan fingerprint density at radius 2 is 1.46 bits per heavy atom. The molecule has 0 amide bonds. The van der Waals surface area contributed by atoms with Crippen molar-refractivity contribution in [1.82, 2.24) is 9.55 Å². The van der Waals surface area contributed by atoms with Gasteiger partial charge in [-0.15, -0.1) is 0 Å². The maximum atomic E-state index is 13.3. The largest absolute Gasteiger partial charge is 0.497 e. The molecular weight excluding hydrogens is 720 g/mol. The highest BCUT2D eigenvalue weighted by molar-refractivity contribution is 8.53. The average molecular weight is 767 g/mol. The van der Waals surface area contributed by atoms with Crippen molar-refractivity contribution in [3.63, 3.8) is 0 Å². The van der Waals surface area contributed by atoms with Crippen molar-refractivity contribution in [2.45, 2.75) is 69.0 Å². The van der Waals surface area contributed by atoms with Gasteiger partial charge in [0.15, 0.2) is 14.5 Å². The van der Waals surface area contributed by atoms with Gasteiger partial charge in [0, 0.05) is 18.0 Å². The Morgan fingerprint density at radius 1 is 0.865 bits per heavy atom. The van der Waals surface area contributed by atoms with Crippen LogP contribution in [0.3, 0.4) is 0 Å². The molecular formula is C38H47N2O9PSSi. The molecule has 11 nitrogen and oxygen atoms in total. The predicted octanol–water partition coefficient (Wildman–Crippen LogP) is 7.23. The van der Waals surface area contributed by atoms with E-state index in [1.54, 1.807) is 25.6 Å². The summed E-state index contributed by atoms with van der Waals surface area (Å²) < 4.78 is 46.4. The van der Waals surface area contributed by atoms with Gasteiger partial charge in [-0.25, -0.2) is 4.79 Å². The quantitative estimate of drug-likeness (QED) is 0.0849. The van der Waals surface area contributed by atoms with Gasteiger partial charge in [-0.3, -0.25) is 14.3 Å². The van der Waals surface area contributed by atoms with E-state index in [9.17, 15) is 9.59 Å². The van der Waals surface area contributed by atoms with Crippen LogP contribution in [0.2, 0.25) is 18.1 Å². The van der Waals surface area contributed by atoms with Crippen LogP contribution in [-0.2, 0) is 28.5 Å². The monoisotopic (exact) mass is 766 g/mol. The molecule has 0 spiro atoms. The normalized spacial score (nSPS) is 22.4. The number of hydrogen-bond acceptors (Lipinski definition) is 10. The fraction of sp³-hybridized carbons (Fsp3) is 0.421. The fourth-order valence-corrected chi connectivity index (χ4v) is 10.4. The van der Waals surface area contributed by atoms with Gasteiger partial charge in [-0.2, -0.15) is 0 Å². The summed E-state index contributed by atoms with van der Waals surface area (Å²) in [5, 5.41) is -0.165. The summed E-state index contributed by atoms with van der Waals surface area (Å²) in [6.07, 6.45) is -1.60. The maximum absolute atomic E-state index is 13.3. The third-order valence-corrected chi connectivity index (χ3v) is 17.6. The van der Waals surface area contributed by atoms with Crippen LogP contribution in [0.15, 0.2) is 101 Å². The lowest BCUT2D eigenvalue weighted by molar-refractivity contribution is -0.0935. The first-order valence-electron chi connectivity index (χ1n) is 17.2. The minimum absolute atomic E-state index is 0.0391. The number of hydrogen-bond donors (Lipinski definition) is 1. The lowest BCUT2D eigenvalue weighted by Gasteiger charge is -2.41. The van der Waals surface area contributed by atoms with E-state index in [0.29, 0.717) is 18.1 Å². The van der Waals surface area contributed by atoms with E-state index in [4.69, 9.17) is 32.4 Å². The topological polar surface area (TPSA) is 119 Å². The van der Waals surface area contributed by atoms with E-state index in [2.05, 4.69) is 38.8 Å². The Balaban J connectivity index is 1.48. The molecule has 1 N–H and O–H groups in total. The molecule has 52 heavy (non-hydrogen) atoms. The summed E-state index contributed by atoms with van der Waals surface area (Å²) in [6, 6.07) is 27.0. The molecule has 2 aliphatic heterocycles. The Bertz CT molecular complexity index is 1850. The summed E-state index contributed by atoms with van der Waals surface area (Å²) in [6.45, 7) is 11.4. The minimum Gasteiger partial charge on any atom is -0.497 e. The summed E-state index contributed by atoms with van der Waals surface area (Å²) in [7, 11) is -0.534. The van der Waals surface area contributed by atoms with Gasteiger partial charge in [0.2, 0.25) is 7.58 Å². The van der Waals surface area contributed by atoms with Crippen molar-refractivity contribution >= 4 is 27.3 Å². The molecule has 2 saturated heterocycles. The zero-order valence-electron chi connectivity index (χ0n) is 30.6. The highest BCUT2D eigenvalue weighted by Gasteiger charge is 2.54. The number of nitrogens with zero attached hydrogens (tertiary/aromatic N) is 1. The molecule has 14 heteroatoms. The Morgan fingerprint density at radius 3 is 1.98 bits per heavy atom. The lowest BCUT2D eigenvalue weighted by Crippen LogP contribution is -2.50. The van der Waals surface area contributed by atoms with Gasteiger partial charge in [-0.05, 0) is 59.1 Å². The SMILES string of the molecule is COc1ccc(C(OC[C@H]2O[C@@H](n3ccc(=O)[nH]c3=O)[C@H](O[Si](C)(C)C(C)(C)C)[C@@H]2OP2OCCS2)(c2ccccc2)c2ccc(OC)cc2)cc1. The Kier molecular flexibility index (Phi) is 11.8. The molecule has 0 radical (unpaired) electrons. The average Bonchev–Trinajstić information content (AvgIpc) is 3.77. The number of H-pyrrole nitrogens is 1. The second-order valence-electron chi connectivity index (χ2n) is 14.2. The number of benzene rings is 3. The smallest absolute Gasteiger partial charge is 0.330 e. The van der Waals surface area contributed by atoms with Gasteiger partial charge in [0.05, 0.1) is 27.4 Å². The zero-order chi connectivity index (χ0) is 37.1. The standard InChI is InChI=1S/C38H47N2O9PSSi/c1-37(2,3)52(6,7)49-34-33(48-50-46-23-24-51-50)31(47-35(34)40-22-21-32(41)39-36(40)42)25-45-38(26-11-9-8-10-12-26,27-13-17-29(43-4)18-14-27)28-15-19-30(44-5)20-16-28/h8-22,31,33-35H,23-25H2,1-7H3,(H,39,41,42)/t31-,33-,34-,35-,50?/m1/s1. The Hall–Kier alpha value is -3.26. The predicted molar refractivity (Wildman–Crippen MR) is 206 cm³/mol. The van der Waals surface area contributed by atoms with Crippen LogP contribution < -0.4 is 20.7 Å².